The minimum absolute atomic E-state index is 0.102. The molecule has 3 aromatic heterocycles. The van der Waals surface area contributed by atoms with E-state index >= 15 is 0 Å². The molecule has 0 saturated carbocycles. The lowest BCUT2D eigenvalue weighted by atomic mass is 10.1. The van der Waals surface area contributed by atoms with Gasteiger partial charge in [0.25, 0.3) is 5.56 Å². The summed E-state index contributed by atoms with van der Waals surface area (Å²) >= 11 is 7.86. The summed E-state index contributed by atoms with van der Waals surface area (Å²) in [6.07, 6.45) is 3.45. The smallest absolute Gasteiger partial charge is 0.263 e. The van der Waals surface area contributed by atoms with Gasteiger partial charge in [0.05, 0.1) is 16.4 Å². The summed E-state index contributed by atoms with van der Waals surface area (Å²) in [4.78, 5) is 17.4. The van der Waals surface area contributed by atoms with Crippen molar-refractivity contribution in [1.29, 1.82) is 0 Å². The van der Waals surface area contributed by atoms with E-state index in [0.29, 0.717) is 33.6 Å². The van der Waals surface area contributed by atoms with E-state index in [0.717, 1.165) is 22.0 Å². The second-order valence-corrected chi connectivity index (χ2v) is 8.08. The van der Waals surface area contributed by atoms with Gasteiger partial charge in [-0.05, 0) is 35.9 Å². The van der Waals surface area contributed by atoms with Crippen LogP contribution in [0, 0.1) is 0 Å². The van der Waals surface area contributed by atoms with Gasteiger partial charge in [0.15, 0.2) is 5.16 Å². The van der Waals surface area contributed by atoms with Crippen LogP contribution in [0.3, 0.4) is 0 Å². The largest absolute Gasteiger partial charge is 0.272 e. The number of para-hydroxylation sites is 1. The maximum atomic E-state index is 12.9. The van der Waals surface area contributed by atoms with E-state index in [9.17, 15) is 4.79 Å². The highest BCUT2D eigenvalue weighted by atomic mass is 35.5. The molecule has 5 aromatic rings. The number of allylic oxidation sites excluding steroid dienone is 1. The Bertz CT molecular complexity index is 1490. The minimum atomic E-state index is -0.102. The highest BCUT2D eigenvalue weighted by molar-refractivity contribution is 7.98. The molecule has 0 saturated heterocycles. The second-order valence-electron chi connectivity index (χ2n) is 6.73. The molecule has 0 N–H and O–H groups in total. The summed E-state index contributed by atoms with van der Waals surface area (Å²) in [6.45, 7) is 4.13. The van der Waals surface area contributed by atoms with Gasteiger partial charge in [-0.25, -0.2) is 0 Å². The first-order valence-corrected chi connectivity index (χ1v) is 10.7. The Morgan fingerprint density at radius 2 is 1.90 bits per heavy atom. The molecule has 0 unspecified atom stereocenters. The lowest BCUT2D eigenvalue weighted by molar-refractivity contribution is 0.783. The van der Waals surface area contributed by atoms with Crippen LogP contribution in [0.2, 0.25) is 5.02 Å². The summed E-state index contributed by atoms with van der Waals surface area (Å²) in [7, 11) is 0. The fourth-order valence-electron chi connectivity index (χ4n) is 3.58. The molecular formula is C22H16ClN5OS. The van der Waals surface area contributed by atoms with Crippen molar-refractivity contribution in [2.24, 2.45) is 0 Å². The molecule has 0 amide bonds. The van der Waals surface area contributed by atoms with Crippen LogP contribution in [0.25, 0.3) is 27.6 Å². The molecule has 0 spiro atoms. The topological polar surface area (TPSA) is 65.1 Å². The fourth-order valence-corrected chi connectivity index (χ4v) is 4.72. The molecule has 0 fully saturated rings. The number of rotatable bonds is 5. The van der Waals surface area contributed by atoms with Gasteiger partial charge in [0.2, 0.25) is 5.78 Å². The van der Waals surface area contributed by atoms with E-state index in [4.69, 9.17) is 11.6 Å². The predicted octanol–water partition coefficient (Wildman–Crippen LogP) is 4.72. The van der Waals surface area contributed by atoms with Crippen LogP contribution in [0.1, 0.15) is 5.56 Å². The Balaban J connectivity index is 1.64. The highest BCUT2D eigenvalue weighted by Gasteiger charge is 2.17. The zero-order valence-corrected chi connectivity index (χ0v) is 17.4. The van der Waals surface area contributed by atoms with Gasteiger partial charge in [-0.15, -0.1) is 16.8 Å². The van der Waals surface area contributed by atoms with E-state index in [2.05, 4.69) is 21.8 Å². The number of pyridine rings is 1. The molecule has 8 heteroatoms. The molecule has 0 bridgehead atoms. The number of halogens is 1. The van der Waals surface area contributed by atoms with Crippen LogP contribution in [0.4, 0.5) is 0 Å². The van der Waals surface area contributed by atoms with Crippen molar-refractivity contribution in [2.75, 3.05) is 0 Å². The van der Waals surface area contributed by atoms with E-state index in [1.54, 1.807) is 28.6 Å². The van der Waals surface area contributed by atoms with Crippen LogP contribution in [0.15, 0.2) is 77.3 Å². The van der Waals surface area contributed by atoms with Crippen molar-refractivity contribution in [2.45, 2.75) is 17.5 Å². The Kier molecular flexibility index (Phi) is 4.77. The number of hydrogen-bond acceptors (Lipinski definition) is 5. The molecule has 2 aromatic carbocycles. The van der Waals surface area contributed by atoms with Crippen molar-refractivity contribution in [3.8, 4) is 0 Å². The van der Waals surface area contributed by atoms with Crippen LogP contribution < -0.4 is 5.56 Å². The zero-order chi connectivity index (χ0) is 20.7. The number of thioether (sulfide) groups is 1. The molecule has 0 radical (unpaired) electrons. The molecule has 0 aliphatic heterocycles. The van der Waals surface area contributed by atoms with Crippen molar-refractivity contribution in [3.05, 3.63) is 88.3 Å². The molecule has 30 heavy (non-hydrogen) atoms. The second kappa shape index (κ2) is 7.59. The molecule has 0 aliphatic rings. The molecule has 0 atom stereocenters. The Morgan fingerprint density at radius 3 is 2.77 bits per heavy atom. The van der Waals surface area contributed by atoms with Gasteiger partial charge in [-0.3, -0.25) is 18.7 Å². The van der Waals surface area contributed by atoms with Crippen molar-refractivity contribution in [1.82, 2.24) is 24.1 Å². The third-order valence-electron chi connectivity index (χ3n) is 4.95. The number of hydrogen-bond donors (Lipinski definition) is 0. The van der Waals surface area contributed by atoms with Crippen LogP contribution in [-0.4, -0.2) is 24.1 Å². The number of aromatic nitrogens is 5. The monoisotopic (exact) mass is 433 g/mol. The average Bonchev–Trinajstić information content (AvgIpc) is 3.20. The minimum Gasteiger partial charge on any atom is -0.272 e. The molecule has 3 heterocycles. The van der Waals surface area contributed by atoms with E-state index in [-0.39, 0.29) is 5.56 Å². The highest BCUT2D eigenvalue weighted by Crippen LogP contribution is 2.30. The van der Waals surface area contributed by atoms with Gasteiger partial charge >= 0.3 is 0 Å². The van der Waals surface area contributed by atoms with Crippen LogP contribution >= 0.6 is 23.4 Å². The lowest BCUT2D eigenvalue weighted by Gasteiger charge is -2.10. The van der Waals surface area contributed by atoms with Crippen LogP contribution in [-0.2, 0) is 12.3 Å². The van der Waals surface area contributed by atoms with Gasteiger partial charge < -0.3 is 0 Å². The molecule has 0 aliphatic carbocycles. The fraction of sp³-hybridized carbons (Fsp3) is 0.0909. The number of nitrogens with zero attached hydrogens (tertiary/aromatic N) is 5. The molecule has 5 rings (SSSR count). The summed E-state index contributed by atoms with van der Waals surface area (Å²) in [5.41, 5.74) is 2.61. The zero-order valence-electron chi connectivity index (χ0n) is 15.8. The summed E-state index contributed by atoms with van der Waals surface area (Å²) < 4.78 is 3.52. The lowest BCUT2D eigenvalue weighted by Crippen LogP contribution is -2.22. The first-order chi connectivity index (χ1) is 14.7. The van der Waals surface area contributed by atoms with Gasteiger partial charge in [-0.2, -0.15) is 0 Å². The molecule has 6 nitrogen and oxygen atoms in total. The molecule has 148 valence electrons. The van der Waals surface area contributed by atoms with Gasteiger partial charge in [-0.1, -0.05) is 47.6 Å². The SMILES string of the molecule is C=CCn1c(=O)c2ccccc2n2c(SCc3ccc(Cl)c4cccnc34)nnc12. The maximum Gasteiger partial charge on any atom is 0.263 e. The normalized spacial score (nSPS) is 11.5. The summed E-state index contributed by atoms with van der Waals surface area (Å²) in [5.74, 6) is 1.14. The summed E-state index contributed by atoms with van der Waals surface area (Å²) in [6, 6.07) is 15.2. The van der Waals surface area contributed by atoms with E-state index in [1.807, 2.05) is 52.9 Å². The standard InChI is InChI=1S/C22H16ClN5OS/c1-2-12-27-20(29)16-6-3-4-8-18(16)28-21(27)25-26-22(28)30-13-14-9-10-17(23)15-7-5-11-24-19(14)15/h2-11H,1,12-13H2. The quantitative estimate of drug-likeness (QED) is 0.296. The number of fused-ring (bicyclic) bond motifs is 4. The van der Waals surface area contributed by atoms with Gasteiger partial charge in [0, 0.05) is 28.9 Å². The van der Waals surface area contributed by atoms with E-state index < -0.39 is 0 Å². The first kappa shape index (κ1) is 18.8. The third kappa shape index (κ3) is 2.98. The first-order valence-electron chi connectivity index (χ1n) is 9.31. The van der Waals surface area contributed by atoms with Crippen molar-refractivity contribution < 1.29 is 0 Å². The predicted molar refractivity (Wildman–Crippen MR) is 121 cm³/mol. The Labute approximate surface area is 180 Å². The Hall–Kier alpha value is -3.16. The molecular weight excluding hydrogens is 418 g/mol. The van der Waals surface area contributed by atoms with Crippen LogP contribution in [0.5, 0.6) is 0 Å². The average molecular weight is 434 g/mol. The maximum absolute atomic E-state index is 12.9. The Morgan fingerprint density at radius 1 is 1.07 bits per heavy atom. The van der Waals surface area contributed by atoms with Crippen molar-refractivity contribution in [3.63, 3.8) is 0 Å². The summed E-state index contributed by atoms with van der Waals surface area (Å²) in [5, 5.41) is 11.6. The van der Waals surface area contributed by atoms with E-state index in [1.165, 1.54) is 0 Å². The number of benzene rings is 2. The van der Waals surface area contributed by atoms with Crippen molar-refractivity contribution >= 4 is 50.9 Å². The third-order valence-corrected chi connectivity index (χ3v) is 6.25. The van der Waals surface area contributed by atoms with Gasteiger partial charge in [0.1, 0.15) is 0 Å².